The van der Waals surface area contributed by atoms with E-state index in [0.29, 0.717) is 19.6 Å². The van der Waals surface area contributed by atoms with Crippen LogP contribution in [0.1, 0.15) is 21.5 Å². The lowest BCUT2D eigenvalue weighted by molar-refractivity contribution is -0.384. The molecule has 32 heavy (non-hydrogen) atoms. The van der Waals surface area contributed by atoms with Crippen molar-refractivity contribution >= 4 is 17.5 Å². The Morgan fingerprint density at radius 2 is 1.62 bits per heavy atom. The maximum atomic E-state index is 12.1. The van der Waals surface area contributed by atoms with Crippen molar-refractivity contribution in [2.45, 2.75) is 13.0 Å². The minimum absolute atomic E-state index is 0.126. The molecule has 0 aromatic heterocycles. The topological polar surface area (TPSA) is 111 Å². The van der Waals surface area contributed by atoms with E-state index in [1.54, 1.807) is 0 Å². The van der Waals surface area contributed by atoms with Gasteiger partial charge in [-0.1, -0.05) is 48.5 Å². The number of hydrogen-bond donors (Lipinski definition) is 2. The number of non-ortho nitro benzene ring substituents is 1. The largest absolute Gasteiger partial charge is 0.489 e. The zero-order valence-electron chi connectivity index (χ0n) is 17.3. The smallest absolute Gasteiger partial charge is 0.270 e. The van der Waals surface area contributed by atoms with Crippen LogP contribution in [0, 0.1) is 10.1 Å². The van der Waals surface area contributed by atoms with E-state index in [4.69, 9.17) is 4.74 Å². The van der Waals surface area contributed by atoms with Crippen molar-refractivity contribution in [3.8, 4) is 5.75 Å². The van der Waals surface area contributed by atoms with Gasteiger partial charge in [0.15, 0.2) is 0 Å². The first-order chi connectivity index (χ1) is 15.5. The van der Waals surface area contributed by atoms with Crippen LogP contribution in [0.2, 0.25) is 0 Å². The summed E-state index contributed by atoms with van der Waals surface area (Å²) in [5.41, 5.74) is 2.08. The van der Waals surface area contributed by atoms with Gasteiger partial charge in [-0.05, 0) is 35.7 Å². The van der Waals surface area contributed by atoms with Gasteiger partial charge < -0.3 is 15.4 Å². The first-order valence-corrected chi connectivity index (χ1v) is 10.1. The lowest BCUT2D eigenvalue weighted by Gasteiger charge is -2.09. The predicted octanol–water partition coefficient (Wildman–Crippen LogP) is 3.26. The molecule has 0 aliphatic rings. The van der Waals surface area contributed by atoms with Gasteiger partial charge in [0.25, 0.3) is 11.6 Å². The van der Waals surface area contributed by atoms with Gasteiger partial charge in [-0.3, -0.25) is 19.7 Å². The maximum Gasteiger partial charge on any atom is 0.270 e. The Kier molecular flexibility index (Phi) is 7.91. The molecule has 2 amide bonds. The average Bonchev–Trinajstić information content (AvgIpc) is 2.82. The zero-order valence-corrected chi connectivity index (χ0v) is 17.3. The van der Waals surface area contributed by atoms with Crippen molar-refractivity contribution in [3.63, 3.8) is 0 Å². The second-order valence-corrected chi connectivity index (χ2v) is 7.01. The number of amides is 2. The molecule has 0 saturated carbocycles. The number of carbonyl (C=O) groups excluding carboxylic acids is 2. The predicted molar refractivity (Wildman–Crippen MR) is 119 cm³/mol. The number of rotatable bonds is 10. The molecule has 0 radical (unpaired) electrons. The molecule has 0 aliphatic heterocycles. The van der Waals surface area contributed by atoms with Crippen molar-refractivity contribution in [1.82, 2.24) is 10.6 Å². The van der Waals surface area contributed by atoms with Crippen LogP contribution in [0.3, 0.4) is 0 Å². The van der Waals surface area contributed by atoms with Crippen molar-refractivity contribution in [1.29, 1.82) is 0 Å². The van der Waals surface area contributed by atoms with Gasteiger partial charge in [0.1, 0.15) is 12.4 Å². The molecule has 3 rings (SSSR count). The summed E-state index contributed by atoms with van der Waals surface area (Å²) in [7, 11) is 0. The fourth-order valence-electron chi connectivity index (χ4n) is 2.93. The van der Waals surface area contributed by atoms with Gasteiger partial charge in [-0.2, -0.15) is 0 Å². The number of nitrogens with one attached hydrogen (secondary N) is 2. The second-order valence-electron chi connectivity index (χ2n) is 7.01. The molecule has 8 heteroatoms. The lowest BCUT2D eigenvalue weighted by Crippen LogP contribution is -2.37. The summed E-state index contributed by atoms with van der Waals surface area (Å²) < 4.78 is 5.75. The van der Waals surface area contributed by atoms with Crippen molar-refractivity contribution < 1.29 is 19.2 Å². The molecule has 164 valence electrons. The fourth-order valence-corrected chi connectivity index (χ4v) is 2.93. The Hall–Kier alpha value is -4.20. The number of nitro benzene ring substituents is 1. The van der Waals surface area contributed by atoms with Crippen LogP contribution in [0.5, 0.6) is 5.75 Å². The summed E-state index contributed by atoms with van der Waals surface area (Å²) in [5, 5.41) is 16.0. The van der Waals surface area contributed by atoms with E-state index in [2.05, 4.69) is 10.6 Å². The highest BCUT2D eigenvalue weighted by Gasteiger charge is 2.12. The summed E-state index contributed by atoms with van der Waals surface area (Å²) >= 11 is 0. The molecular weight excluding hydrogens is 410 g/mol. The van der Waals surface area contributed by atoms with Gasteiger partial charge >= 0.3 is 0 Å². The molecule has 2 N–H and O–H groups in total. The minimum atomic E-state index is -0.578. The Morgan fingerprint density at radius 3 is 2.34 bits per heavy atom. The van der Waals surface area contributed by atoms with Crippen molar-refractivity contribution in [2.75, 3.05) is 13.1 Å². The molecule has 0 heterocycles. The minimum Gasteiger partial charge on any atom is -0.489 e. The van der Waals surface area contributed by atoms with Gasteiger partial charge in [-0.15, -0.1) is 0 Å². The van der Waals surface area contributed by atoms with E-state index in [1.807, 2.05) is 54.6 Å². The highest BCUT2D eigenvalue weighted by atomic mass is 16.6. The van der Waals surface area contributed by atoms with Crippen LogP contribution >= 0.6 is 0 Å². The number of ether oxygens (including phenoxy) is 1. The number of nitro groups is 1. The summed E-state index contributed by atoms with van der Waals surface area (Å²) in [6, 6.07) is 22.9. The van der Waals surface area contributed by atoms with Crippen LogP contribution in [0.4, 0.5) is 5.69 Å². The van der Waals surface area contributed by atoms with Crippen LogP contribution in [0.15, 0.2) is 78.9 Å². The number of hydrogen-bond acceptors (Lipinski definition) is 5. The number of carbonyl (C=O) groups is 2. The van der Waals surface area contributed by atoms with Crippen LogP contribution in [-0.4, -0.2) is 29.8 Å². The number of benzene rings is 3. The molecular formula is C24H23N3O5. The maximum absolute atomic E-state index is 12.1. The summed E-state index contributed by atoms with van der Waals surface area (Å²) in [5.74, 6) is -0.118. The molecule has 8 nitrogen and oxygen atoms in total. The van der Waals surface area contributed by atoms with Gasteiger partial charge in [0, 0.05) is 24.2 Å². The quantitative estimate of drug-likeness (QED) is 0.377. The van der Waals surface area contributed by atoms with Crippen LogP contribution in [0.25, 0.3) is 0 Å². The van der Waals surface area contributed by atoms with E-state index in [9.17, 15) is 19.7 Å². The van der Waals surface area contributed by atoms with Crippen molar-refractivity contribution in [2.24, 2.45) is 0 Å². The highest BCUT2D eigenvalue weighted by molar-refractivity contribution is 5.96. The standard InChI is InChI=1S/C24H23N3O5/c28-23(16-26-24(29)20-7-4-8-21(15-20)27(30)31)25-14-13-18-9-11-22(12-10-18)32-17-19-5-2-1-3-6-19/h1-12,15H,13-14,16-17H2,(H,25,28)(H,26,29). The fraction of sp³-hybridized carbons (Fsp3) is 0.167. The SMILES string of the molecule is O=C(CNC(=O)c1cccc([N+](=O)[O-])c1)NCCc1ccc(OCc2ccccc2)cc1. The molecule has 0 unspecified atom stereocenters. The van der Waals surface area contributed by atoms with E-state index in [-0.39, 0.29) is 23.7 Å². The molecule has 0 fully saturated rings. The van der Waals surface area contributed by atoms with Crippen LogP contribution < -0.4 is 15.4 Å². The molecule has 0 saturated heterocycles. The molecule has 0 bridgehead atoms. The van der Waals surface area contributed by atoms with Gasteiger partial charge in [-0.25, -0.2) is 0 Å². The van der Waals surface area contributed by atoms with Crippen molar-refractivity contribution in [3.05, 3.63) is 106 Å². The Balaban J connectivity index is 1.36. The van der Waals surface area contributed by atoms with E-state index < -0.39 is 10.8 Å². The Bertz CT molecular complexity index is 1070. The molecule has 0 spiro atoms. The van der Waals surface area contributed by atoms with E-state index >= 15 is 0 Å². The summed E-state index contributed by atoms with van der Waals surface area (Å²) in [6.07, 6.45) is 0.629. The Labute approximate surface area is 185 Å². The second kappa shape index (κ2) is 11.3. The van der Waals surface area contributed by atoms with E-state index in [0.717, 1.165) is 16.9 Å². The van der Waals surface area contributed by atoms with Gasteiger partial charge in [0.05, 0.1) is 11.5 Å². The monoisotopic (exact) mass is 433 g/mol. The normalized spacial score (nSPS) is 10.2. The first kappa shape index (κ1) is 22.5. The summed E-state index contributed by atoms with van der Waals surface area (Å²) in [4.78, 5) is 34.2. The van der Waals surface area contributed by atoms with Gasteiger partial charge in [0.2, 0.25) is 5.91 Å². The molecule has 3 aromatic carbocycles. The van der Waals surface area contributed by atoms with E-state index in [1.165, 1.54) is 24.3 Å². The highest BCUT2D eigenvalue weighted by Crippen LogP contribution is 2.15. The molecule has 0 atom stereocenters. The third-order valence-corrected chi connectivity index (χ3v) is 4.64. The third kappa shape index (κ3) is 6.94. The first-order valence-electron chi connectivity index (χ1n) is 10.1. The average molecular weight is 433 g/mol. The molecule has 0 aliphatic carbocycles. The molecule has 3 aromatic rings. The lowest BCUT2D eigenvalue weighted by atomic mass is 10.1. The number of nitrogens with zero attached hydrogens (tertiary/aromatic N) is 1. The third-order valence-electron chi connectivity index (χ3n) is 4.64. The Morgan fingerprint density at radius 1 is 0.875 bits per heavy atom. The zero-order chi connectivity index (χ0) is 22.8. The van der Waals surface area contributed by atoms with Crippen LogP contribution in [-0.2, 0) is 17.8 Å². The summed E-state index contributed by atoms with van der Waals surface area (Å²) in [6.45, 7) is 0.696.